The normalized spacial score (nSPS) is 12.7. The van der Waals surface area contributed by atoms with Crippen molar-refractivity contribution in [1.29, 1.82) is 0 Å². The molecule has 0 amide bonds. The topological polar surface area (TPSA) is 87.0 Å². The molecule has 5 rings (SSSR count). The SMILES string of the molecule is Cc1sc2nc(-n3cncn3)nc(NCc3ccc4c(c3)OCO4)c2c1Cl. The molecule has 27 heavy (non-hydrogen) atoms. The zero-order valence-corrected chi connectivity index (χ0v) is 15.7. The molecule has 10 heteroatoms. The highest BCUT2D eigenvalue weighted by Gasteiger charge is 2.18. The lowest BCUT2D eigenvalue weighted by Crippen LogP contribution is -2.07. The largest absolute Gasteiger partial charge is 0.454 e. The Labute approximate surface area is 162 Å². The van der Waals surface area contributed by atoms with Crippen molar-refractivity contribution in [2.45, 2.75) is 13.5 Å². The van der Waals surface area contributed by atoms with Crippen LogP contribution in [0.5, 0.6) is 11.5 Å². The number of nitrogens with zero attached hydrogens (tertiary/aromatic N) is 5. The number of halogens is 1. The molecule has 4 aromatic rings. The van der Waals surface area contributed by atoms with Gasteiger partial charge in [0.05, 0.1) is 10.4 Å². The van der Waals surface area contributed by atoms with Gasteiger partial charge in [0.1, 0.15) is 23.3 Å². The fourth-order valence-electron chi connectivity index (χ4n) is 2.85. The van der Waals surface area contributed by atoms with E-state index in [2.05, 4.69) is 25.4 Å². The Bertz CT molecular complexity index is 1140. The Morgan fingerprint density at radius 2 is 2.15 bits per heavy atom. The smallest absolute Gasteiger partial charge is 0.255 e. The highest BCUT2D eigenvalue weighted by atomic mass is 35.5. The molecule has 0 aliphatic carbocycles. The molecule has 8 nitrogen and oxygen atoms in total. The lowest BCUT2D eigenvalue weighted by atomic mass is 10.2. The van der Waals surface area contributed by atoms with Gasteiger partial charge in [0.25, 0.3) is 5.95 Å². The first-order valence-electron chi connectivity index (χ1n) is 8.13. The molecule has 0 saturated carbocycles. The summed E-state index contributed by atoms with van der Waals surface area (Å²) in [6.45, 7) is 2.76. The summed E-state index contributed by atoms with van der Waals surface area (Å²) in [4.78, 5) is 14.9. The van der Waals surface area contributed by atoms with Gasteiger partial charge in [-0.2, -0.15) is 19.7 Å². The first-order valence-corrected chi connectivity index (χ1v) is 9.32. The predicted molar refractivity (Wildman–Crippen MR) is 102 cm³/mol. The second-order valence-corrected chi connectivity index (χ2v) is 7.49. The predicted octanol–water partition coefficient (Wildman–Crippen LogP) is 3.57. The van der Waals surface area contributed by atoms with Crippen molar-refractivity contribution in [3.8, 4) is 17.4 Å². The van der Waals surface area contributed by atoms with E-state index in [-0.39, 0.29) is 6.79 Å². The van der Waals surface area contributed by atoms with E-state index >= 15 is 0 Å². The Balaban J connectivity index is 1.53. The van der Waals surface area contributed by atoms with Crippen LogP contribution in [0.2, 0.25) is 5.02 Å². The minimum atomic E-state index is 0.254. The number of anilines is 1. The second kappa shape index (κ2) is 6.36. The lowest BCUT2D eigenvalue weighted by molar-refractivity contribution is 0.174. The number of aromatic nitrogens is 5. The van der Waals surface area contributed by atoms with Gasteiger partial charge in [0, 0.05) is 11.4 Å². The van der Waals surface area contributed by atoms with Gasteiger partial charge in [0.15, 0.2) is 11.5 Å². The maximum Gasteiger partial charge on any atom is 0.255 e. The van der Waals surface area contributed by atoms with E-state index in [1.807, 2.05) is 25.1 Å². The van der Waals surface area contributed by atoms with Crippen LogP contribution in [-0.4, -0.2) is 31.5 Å². The number of nitrogens with one attached hydrogen (secondary N) is 1. The van der Waals surface area contributed by atoms with Crippen LogP contribution in [0.15, 0.2) is 30.9 Å². The van der Waals surface area contributed by atoms with Gasteiger partial charge < -0.3 is 14.8 Å². The Hall–Kier alpha value is -2.91. The summed E-state index contributed by atoms with van der Waals surface area (Å²) < 4.78 is 12.3. The summed E-state index contributed by atoms with van der Waals surface area (Å²) in [5.41, 5.74) is 1.04. The van der Waals surface area contributed by atoms with E-state index in [0.29, 0.717) is 23.3 Å². The molecule has 3 aromatic heterocycles. The second-order valence-electron chi connectivity index (χ2n) is 5.91. The third-order valence-electron chi connectivity index (χ3n) is 4.16. The van der Waals surface area contributed by atoms with Crippen molar-refractivity contribution in [3.05, 3.63) is 46.3 Å². The highest BCUT2D eigenvalue weighted by molar-refractivity contribution is 7.19. The zero-order valence-electron chi connectivity index (χ0n) is 14.1. The molecule has 0 atom stereocenters. The third-order valence-corrected chi connectivity index (χ3v) is 5.75. The van der Waals surface area contributed by atoms with Gasteiger partial charge in [-0.1, -0.05) is 17.7 Å². The van der Waals surface area contributed by atoms with Gasteiger partial charge in [-0.15, -0.1) is 11.3 Å². The third kappa shape index (κ3) is 2.84. The number of fused-ring (bicyclic) bond motifs is 2. The molecule has 0 saturated heterocycles. The number of aryl methyl sites for hydroxylation is 1. The van der Waals surface area contributed by atoms with Gasteiger partial charge in [-0.05, 0) is 24.6 Å². The number of rotatable bonds is 4. The summed E-state index contributed by atoms with van der Waals surface area (Å²) in [5, 5.41) is 8.95. The van der Waals surface area contributed by atoms with E-state index in [4.69, 9.17) is 21.1 Å². The average molecular weight is 401 g/mol. The standard InChI is InChI=1S/C17H13ClN6O2S/c1-9-14(18)13-15(20-5-10-2-3-11-12(4-10)26-8-25-11)22-17(23-16(13)27-9)24-7-19-6-21-24/h2-4,6-7H,5,8H2,1H3,(H,20,22,23). The number of ether oxygens (including phenoxy) is 2. The molecule has 0 fully saturated rings. The molecule has 1 aliphatic heterocycles. The molecule has 4 heterocycles. The van der Waals surface area contributed by atoms with Crippen LogP contribution in [-0.2, 0) is 6.54 Å². The van der Waals surface area contributed by atoms with Crippen molar-refractivity contribution in [3.63, 3.8) is 0 Å². The number of hydrogen-bond acceptors (Lipinski definition) is 8. The fraction of sp³-hybridized carbons (Fsp3) is 0.176. The summed E-state index contributed by atoms with van der Waals surface area (Å²) in [5.74, 6) is 2.59. The fourth-order valence-corrected chi connectivity index (χ4v) is 4.11. The molecule has 1 N–H and O–H groups in total. The van der Waals surface area contributed by atoms with Crippen LogP contribution < -0.4 is 14.8 Å². The molecule has 1 aliphatic rings. The van der Waals surface area contributed by atoms with Crippen LogP contribution in [0.4, 0.5) is 5.82 Å². The number of thiophene rings is 1. The molecule has 0 bridgehead atoms. The van der Waals surface area contributed by atoms with Crippen molar-refractivity contribution in [2.24, 2.45) is 0 Å². The van der Waals surface area contributed by atoms with Gasteiger partial charge in [-0.25, -0.2) is 4.98 Å². The zero-order chi connectivity index (χ0) is 18.4. The molecule has 1 aromatic carbocycles. The van der Waals surface area contributed by atoms with E-state index in [1.54, 1.807) is 6.33 Å². The summed E-state index contributed by atoms with van der Waals surface area (Å²) in [7, 11) is 0. The molecule has 0 unspecified atom stereocenters. The van der Waals surface area contributed by atoms with E-state index in [1.165, 1.54) is 22.3 Å². The minimum absolute atomic E-state index is 0.254. The average Bonchev–Trinajstić information content (AvgIpc) is 3.40. The molecular formula is C17H13ClN6O2S. The first-order chi connectivity index (χ1) is 13.2. The van der Waals surface area contributed by atoms with E-state index < -0.39 is 0 Å². The quantitative estimate of drug-likeness (QED) is 0.560. The van der Waals surface area contributed by atoms with E-state index in [0.717, 1.165) is 32.2 Å². The van der Waals surface area contributed by atoms with Gasteiger partial charge >= 0.3 is 0 Å². The first kappa shape index (κ1) is 16.3. The van der Waals surface area contributed by atoms with Crippen molar-refractivity contribution < 1.29 is 9.47 Å². The Morgan fingerprint density at radius 1 is 1.26 bits per heavy atom. The number of hydrogen-bond donors (Lipinski definition) is 1. The maximum atomic E-state index is 6.50. The van der Waals surface area contributed by atoms with Crippen LogP contribution in [0, 0.1) is 6.92 Å². The van der Waals surface area contributed by atoms with E-state index in [9.17, 15) is 0 Å². The molecule has 0 spiro atoms. The molecule has 136 valence electrons. The summed E-state index contributed by atoms with van der Waals surface area (Å²) in [6, 6.07) is 5.84. The lowest BCUT2D eigenvalue weighted by Gasteiger charge is -2.10. The summed E-state index contributed by atoms with van der Waals surface area (Å²) >= 11 is 8.02. The monoisotopic (exact) mass is 400 g/mol. The van der Waals surface area contributed by atoms with Crippen LogP contribution >= 0.6 is 22.9 Å². The molecular weight excluding hydrogens is 388 g/mol. The number of benzene rings is 1. The highest BCUT2D eigenvalue weighted by Crippen LogP contribution is 2.38. The van der Waals surface area contributed by atoms with Gasteiger partial charge in [0.2, 0.25) is 6.79 Å². The Morgan fingerprint density at radius 3 is 3.00 bits per heavy atom. The minimum Gasteiger partial charge on any atom is -0.454 e. The van der Waals surface area contributed by atoms with Crippen molar-refractivity contribution in [2.75, 3.05) is 12.1 Å². The summed E-state index contributed by atoms with van der Waals surface area (Å²) in [6.07, 6.45) is 3.00. The van der Waals surface area contributed by atoms with Crippen molar-refractivity contribution >= 4 is 39.0 Å². The van der Waals surface area contributed by atoms with Gasteiger partial charge in [-0.3, -0.25) is 0 Å². The Kier molecular flexibility index (Phi) is 3.83. The van der Waals surface area contributed by atoms with Crippen molar-refractivity contribution in [1.82, 2.24) is 24.7 Å². The maximum absolute atomic E-state index is 6.50. The molecule has 0 radical (unpaired) electrons. The van der Waals surface area contributed by atoms with Crippen LogP contribution in [0.3, 0.4) is 0 Å². The van der Waals surface area contributed by atoms with Crippen LogP contribution in [0.1, 0.15) is 10.4 Å². The van der Waals surface area contributed by atoms with Crippen LogP contribution in [0.25, 0.3) is 16.2 Å².